The lowest BCUT2D eigenvalue weighted by Gasteiger charge is -2.13. The summed E-state index contributed by atoms with van der Waals surface area (Å²) >= 11 is 2.99. The lowest BCUT2D eigenvalue weighted by atomic mass is 10.2. The molecule has 4 nitrogen and oxygen atoms in total. The van der Waals surface area contributed by atoms with Crippen molar-refractivity contribution in [2.45, 2.75) is 19.1 Å². The molecule has 1 N–H and O–H groups in total. The summed E-state index contributed by atoms with van der Waals surface area (Å²) in [6, 6.07) is 2.81. The summed E-state index contributed by atoms with van der Waals surface area (Å²) in [7, 11) is 0. The summed E-state index contributed by atoms with van der Waals surface area (Å²) in [5.74, 6) is -0.152. The van der Waals surface area contributed by atoms with Crippen molar-refractivity contribution < 1.29 is 13.2 Å². The summed E-state index contributed by atoms with van der Waals surface area (Å²) in [4.78, 5) is 3.78. The summed E-state index contributed by atoms with van der Waals surface area (Å²) in [6.07, 6.45) is 1.02. The maximum absolute atomic E-state index is 12.8. The minimum absolute atomic E-state index is 0.152. The zero-order valence-corrected chi connectivity index (χ0v) is 11.9. The van der Waals surface area contributed by atoms with Crippen LogP contribution in [0.25, 0.3) is 0 Å². The van der Waals surface area contributed by atoms with Crippen molar-refractivity contribution >= 4 is 21.7 Å². The Labute approximate surface area is 122 Å². The first-order chi connectivity index (χ1) is 9.47. The van der Waals surface area contributed by atoms with Gasteiger partial charge in [-0.05, 0) is 34.5 Å². The second-order valence-corrected chi connectivity index (χ2v) is 5.01. The van der Waals surface area contributed by atoms with Crippen LogP contribution >= 0.6 is 15.9 Å². The number of hydrogen-bond donors (Lipinski definition) is 1. The average Bonchev–Trinajstić information content (AvgIpc) is 2.88. The molecule has 20 heavy (non-hydrogen) atoms. The van der Waals surface area contributed by atoms with Crippen LogP contribution in [0.5, 0.6) is 0 Å². The summed E-state index contributed by atoms with van der Waals surface area (Å²) in [6.45, 7) is 1.02. The fourth-order valence-electron chi connectivity index (χ4n) is 1.68. The molecule has 0 aliphatic rings. The molecule has 0 saturated heterocycles. The molecule has 0 aliphatic carbocycles. The second-order valence-electron chi connectivity index (χ2n) is 4.10. The predicted molar refractivity (Wildman–Crippen MR) is 72.3 cm³/mol. The van der Waals surface area contributed by atoms with Crippen molar-refractivity contribution in [1.82, 2.24) is 14.8 Å². The van der Waals surface area contributed by atoms with Crippen molar-refractivity contribution in [2.75, 3.05) is 11.9 Å². The van der Waals surface area contributed by atoms with Crippen LogP contribution in [0.4, 0.5) is 19.0 Å². The second kappa shape index (κ2) is 6.25. The zero-order valence-electron chi connectivity index (χ0n) is 10.4. The Balaban J connectivity index is 1.95. The van der Waals surface area contributed by atoms with Crippen LogP contribution < -0.4 is 5.32 Å². The smallest absolute Gasteiger partial charge is 0.370 e. The third-order valence-corrected chi connectivity index (χ3v) is 3.01. The summed E-state index contributed by atoms with van der Waals surface area (Å²) in [5, 5.41) is 6.73. The normalized spacial score (nSPS) is 11.6. The van der Waals surface area contributed by atoms with Crippen LogP contribution in [0.2, 0.25) is 0 Å². The largest absolute Gasteiger partial charge is 0.419 e. The Morgan fingerprint density at radius 1 is 1.35 bits per heavy atom. The highest BCUT2D eigenvalue weighted by Gasteiger charge is 2.34. The number of anilines is 1. The number of nitrogens with zero attached hydrogens (tertiary/aromatic N) is 3. The maximum atomic E-state index is 12.8. The molecule has 2 aromatic rings. The highest BCUT2D eigenvalue weighted by Crippen LogP contribution is 2.35. The van der Waals surface area contributed by atoms with Crippen molar-refractivity contribution in [1.29, 1.82) is 0 Å². The van der Waals surface area contributed by atoms with E-state index in [0.29, 0.717) is 24.0 Å². The molecule has 0 amide bonds. The van der Waals surface area contributed by atoms with Gasteiger partial charge in [-0.25, -0.2) is 4.98 Å². The van der Waals surface area contributed by atoms with E-state index in [2.05, 4.69) is 31.3 Å². The van der Waals surface area contributed by atoms with E-state index in [1.54, 1.807) is 23.1 Å². The van der Waals surface area contributed by atoms with Gasteiger partial charge in [0.05, 0.1) is 5.56 Å². The number of hydrogen-bond acceptors (Lipinski definition) is 3. The third-order valence-electron chi connectivity index (χ3n) is 2.58. The molecule has 0 saturated carbocycles. The van der Waals surface area contributed by atoms with E-state index in [9.17, 15) is 13.2 Å². The van der Waals surface area contributed by atoms with Gasteiger partial charge in [0.1, 0.15) is 5.82 Å². The quantitative estimate of drug-likeness (QED) is 0.840. The lowest BCUT2D eigenvalue weighted by molar-refractivity contribution is -0.137. The maximum Gasteiger partial charge on any atom is 0.419 e. The molecular weight excluding hydrogens is 337 g/mol. The number of aryl methyl sites for hydroxylation is 1. The number of halogens is 4. The van der Waals surface area contributed by atoms with Crippen LogP contribution in [0.1, 0.15) is 12.0 Å². The van der Waals surface area contributed by atoms with E-state index < -0.39 is 11.7 Å². The van der Waals surface area contributed by atoms with E-state index >= 15 is 0 Å². The molecule has 0 aliphatic heterocycles. The van der Waals surface area contributed by atoms with Gasteiger partial charge in [-0.15, -0.1) is 0 Å². The van der Waals surface area contributed by atoms with E-state index in [4.69, 9.17) is 0 Å². The molecule has 0 bridgehead atoms. The van der Waals surface area contributed by atoms with Gasteiger partial charge in [0.15, 0.2) is 0 Å². The van der Waals surface area contributed by atoms with E-state index in [1.807, 2.05) is 0 Å². The molecule has 0 radical (unpaired) electrons. The SMILES string of the molecule is FC(F)(F)c1cc(Br)cnc1NCCCn1cccn1. The molecule has 0 atom stereocenters. The van der Waals surface area contributed by atoms with Crippen molar-refractivity contribution in [3.63, 3.8) is 0 Å². The molecule has 0 unspecified atom stereocenters. The average molecular weight is 349 g/mol. The fraction of sp³-hybridized carbons (Fsp3) is 0.333. The summed E-state index contributed by atoms with van der Waals surface area (Å²) < 4.78 is 40.6. The number of aromatic nitrogens is 3. The first-order valence-electron chi connectivity index (χ1n) is 5.91. The Kier molecular flexibility index (Phi) is 4.64. The van der Waals surface area contributed by atoms with E-state index in [-0.39, 0.29) is 5.82 Å². The standard InChI is InChI=1S/C12H12BrF3N4/c13-9-7-10(12(14,15)16)11(18-8-9)17-3-1-5-20-6-2-4-19-20/h2,4,6-8H,1,3,5H2,(H,17,18). The van der Waals surface area contributed by atoms with Crippen LogP contribution in [0.3, 0.4) is 0 Å². The molecule has 0 spiro atoms. The lowest BCUT2D eigenvalue weighted by Crippen LogP contribution is -2.14. The highest BCUT2D eigenvalue weighted by molar-refractivity contribution is 9.10. The molecule has 2 heterocycles. The number of nitrogens with one attached hydrogen (secondary N) is 1. The zero-order chi connectivity index (χ0) is 14.6. The third kappa shape index (κ3) is 3.96. The molecule has 2 aromatic heterocycles. The highest BCUT2D eigenvalue weighted by atomic mass is 79.9. The van der Waals surface area contributed by atoms with E-state index in [0.717, 1.165) is 6.07 Å². The van der Waals surface area contributed by atoms with Gasteiger partial charge in [0, 0.05) is 36.2 Å². The number of alkyl halides is 3. The summed E-state index contributed by atoms with van der Waals surface area (Å²) in [5.41, 5.74) is -0.772. The number of pyridine rings is 1. The van der Waals surface area contributed by atoms with Crippen molar-refractivity contribution in [3.8, 4) is 0 Å². The monoisotopic (exact) mass is 348 g/mol. The first kappa shape index (κ1) is 14.8. The Hall–Kier alpha value is -1.57. The van der Waals surface area contributed by atoms with Gasteiger partial charge in [-0.1, -0.05) is 0 Å². The Morgan fingerprint density at radius 2 is 2.15 bits per heavy atom. The molecule has 8 heteroatoms. The van der Waals surface area contributed by atoms with Gasteiger partial charge in [-0.3, -0.25) is 4.68 Å². The first-order valence-corrected chi connectivity index (χ1v) is 6.70. The fourth-order valence-corrected chi connectivity index (χ4v) is 2.01. The molecular formula is C12H12BrF3N4. The molecule has 108 valence electrons. The molecule has 0 aromatic carbocycles. The van der Waals surface area contributed by atoms with Crippen LogP contribution in [0, 0.1) is 0 Å². The molecule has 2 rings (SSSR count). The van der Waals surface area contributed by atoms with Gasteiger partial charge in [0.25, 0.3) is 0 Å². The van der Waals surface area contributed by atoms with Gasteiger partial charge < -0.3 is 5.32 Å². The van der Waals surface area contributed by atoms with Crippen LogP contribution in [-0.2, 0) is 12.7 Å². The number of rotatable bonds is 5. The van der Waals surface area contributed by atoms with Crippen molar-refractivity contribution in [2.24, 2.45) is 0 Å². The van der Waals surface area contributed by atoms with E-state index in [1.165, 1.54) is 6.20 Å². The predicted octanol–water partition coefficient (Wildman–Crippen LogP) is 3.56. The van der Waals surface area contributed by atoms with Gasteiger partial charge in [0.2, 0.25) is 0 Å². The van der Waals surface area contributed by atoms with Crippen LogP contribution in [-0.4, -0.2) is 21.3 Å². The van der Waals surface area contributed by atoms with Crippen molar-refractivity contribution in [3.05, 3.63) is 40.8 Å². The van der Waals surface area contributed by atoms with Gasteiger partial charge in [-0.2, -0.15) is 18.3 Å². The minimum Gasteiger partial charge on any atom is -0.370 e. The minimum atomic E-state index is -4.43. The van der Waals surface area contributed by atoms with Crippen LogP contribution in [0.15, 0.2) is 35.2 Å². The van der Waals surface area contributed by atoms with Gasteiger partial charge >= 0.3 is 6.18 Å². The molecule has 0 fully saturated rings. The topological polar surface area (TPSA) is 42.7 Å². The Bertz CT molecular complexity index is 554. The Morgan fingerprint density at radius 3 is 2.80 bits per heavy atom.